The summed E-state index contributed by atoms with van der Waals surface area (Å²) in [4.78, 5) is 20.1. The zero-order chi connectivity index (χ0) is 20.8. The molecule has 4 fully saturated rings. The van der Waals surface area contributed by atoms with Crippen molar-refractivity contribution in [3.05, 3.63) is 12.4 Å². The van der Waals surface area contributed by atoms with Crippen LogP contribution in [0.2, 0.25) is 0 Å². The van der Waals surface area contributed by atoms with Gasteiger partial charge in [-0.3, -0.25) is 9.80 Å². The van der Waals surface area contributed by atoms with E-state index in [1.165, 1.54) is 38.5 Å². The van der Waals surface area contributed by atoms with E-state index in [4.69, 9.17) is 9.97 Å². The van der Waals surface area contributed by atoms with Gasteiger partial charge in [0.05, 0.1) is 0 Å². The predicted molar refractivity (Wildman–Crippen MR) is 123 cm³/mol. The van der Waals surface area contributed by atoms with Crippen LogP contribution in [-0.4, -0.2) is 82.2 Å². The van der Waals surface area contributed by atoms with Crippen molar-refractivity contribution in [1.29, 1.82) is 0 Å². The number of rotatable bonds is 4. The third-order valence-corrected chi connectivity index (χ3v) is 8.16. The summed E-state index contributed by atoms with van der Waals surface area (Å²) in [6.45, 7) is 13.9. The van der Waals surface area contributed by atoms with Crippen LogP contribution in [0.4, 0.5) is 11.6 Å². The highest BCUT2D eigenvalue weighted by Crippen LogP contribution is 2.35. The normalized spacial score (nSPS) is 32.9. The van der Waals surface area contributed by atoms with Crippen molar-refractivity contribution in [1.82, 2.24) is 19.8 Å². The predicted octanol–water partition coefficient (Wildman–Crippen LogP) is 3.38. The zero-order valence-electron chi connectivity index (χ0n) is 19.4. The second kappa shape index (κ2) is 8.27. The summed E-state index contributed by atoms with van der Waals surface area (Å²) in [5, 5.41) is 0. The van der Waals surface area contributed by atoms with Crippen LogP contribution >= 0.6 is 0 Å². The molecule has 0 amide bonds. The van der Waals surface area contributed by atoms with Gasteiger partial charge in [0, 0.05) is 68.5 Å². The lowest BCUT2D eigenvalue weighted by Crippen LogP contribution is -2.43. The zero-order valence-corrected chi connectivity index (χ0v) is 19.4. The Bertz CT molecular complexity index is 679. The first kappa shape index (κ1) is 20.5. The maximum Gasteiger partial charge on any atom is 0.134 e. The Labute approximate surface area is 182 Å². The Hall–Kier alpha value is -1.40. The van der Waals surface area contributed by atoms with E-state index in [1.54, 1.807) is 6.33 Å². The molecule has 6 nitrogen and oxygen atoms in total. The first-order valence-electron chi connectivity index (χ1n) is 12.4. The van der Waals surface area contributed by atoms with Crippen LogP contribution in [0.1, 0.15) is 66.2 Å². The SMILES string of the molecule is CC(C)N1C2CCC1CN(c1cc(N3CCC4CCC(C3)N4C(C)C)ncn1)CC2. The number of hydrogen-bond acceptors (Lipinski definition) is 6. The third-order valence-electron chi connectivity index (χ3n) is 8.16. The van der Waals surface area contributed by atoms with Gasteiger partial charge in [-0.15, -0.1) is 0 Å². The van der Waals surface area contributed by atoms with E-state index in [0.29, 0.717) is 24.2 Å². The standard InChI is InChI=1S/C24H40N6/c1-17(2)29-19-5-7-21(29)14-27(11-9-19)23-13-24(26-16-25-23)28-12-10-20-6-8-22(15-28)30(20)18(3)4/h13,16-22H,5-12,14-15H2,1-4H3. The van der Waals surface area contributed by atoms with Gasteiger partial charge in [0.15, 0.2) is 0 Å². The molecule has 6 heteroatoms. The van der Waals surface area contributed by atoms with Crippen LogP contribution in [0, 0.1) is 0 Å². The van der Waals surface area contributed by atoms with Gasteiger partial charge in [-0.2, -0.15) is 0 Å². The summed E-state index contributed by atoms with van der Waals surface area (Å²) in [7, 11) is 0. The van der Waals surface area contributed by atoms with Crippen molar-refractivity contribution < 1.29 is 0 Å². The van der Waals surface area contributed by atoms with Gasteiger partial charge in [-0.05, 0) is 66.2 Å². The second-order valence-corrected chi connectivity index (χ2v) is 10.6. The van der Waals surface area contributed by atoms with E-state index in [9.17, 15) is 0 Å². The van der Waals surface area contributed by atoms with E-state index < -0.39 is 0 Å². The number of aromatic nitrogens is 2. The molecule has 0 spiro atoms. The van der Waals surface area contributed by atoms with Gasteiger partial charge in [-0.1, -0.05) is 0 Å². The summed E-state index contributed by atoms with van der Waals surface area (Å²) in [6.07, 6.45) is 9.71. The molecular formula is C24H40N6. The molecule has 4 unspecified atom stereocenters. The molecule has 0 N–H and O–H groups in total. The lowest BCUT2D eigenvalue weighted by atomic mass is 10.1. The van der Waals surface area contributed by atoms with Crippen molar-refractivity contribution >= 4 is 11.6 Å². The quantitative estimate of drug-likeness (QED) is 0.755. The molecule has 30 heavy (non-hydrogen) atoms. The molecule has 5 heterocycles. The fourth-order valence-corrected chi connectivity index (χ4v) is 7.01. The lowest BCUT2D eigenvalue weighted by molar-refractivity contribution is 0.158. The number of anilines is 2. The van der Waals surface area contributed by atoms with E-state index in [-0.39, 0.29) is 0 Å². The summed E-state index contributed by atoms with van der Waals surface area (Å²) < 4.78 is 0. The van der Waals surface area contributed by atoms with Gasteiger partial charge >= 0.3 is 0 Å². The number of nitrogens with zero attached hydrogens (tertiary/aromatic N) is 6. The first-order chi connectivity index (χ1) is 14.5. The van der Waals surface area contributed by atoms with E-state index in [1.807, 2.05) is 0 Å². The van der Waals surface area contributed by atoms with Crippen molar-refractivity contribution in [2.45, 2.75) is 102 Å². The molecule has 4 aliphatic heterocycles. The van der Waals surface area contributed by atoms with Crippen LogP contribution in [0.3, 0.4) is 0 Å². The molecule has 1 aromatic rings. The molecule has 0 saturated carbocycles. The van der Waals surface area contributed by atoms with E-state index in [2.05, 4.69) is 53.4 Å². The third kappa shape index (κ3) is 3.70. The van der Waals surface area contributed by atoms with Crippen LogP contribution in [0.25, 0.3) is 0 Å². The average Bonchev–Trinajstić information content (AvgIpc) is 3.16. The van der Waals surface area contributed by atoms with Crippen molar-refractivity contribution in [3.63, 3.8) is 0 Å². The molecule has 166 valence electrons. The monoisotopic (exact) mass is 412 g/mol. The summed E-state index contributed by atoms with van der Waals surface area (Å²) >= 11 is 0. The highest BCUT2D eigenvalue weighted by molar-refractivity contribution is 5.51. The highest BCUT2D eigenvalue weighted by atomic mass is 15.3. The minimum absolute atomic E-state index is 0.639. The molecule has 4 saturated heterocycles. The highest BCUT2D eigenvalue weighted by Gasteiger charge is 2.40. The molecule has 5 rings (SSSR count). The summed E-state index contributed by atoms with van der Waals surface area (Å²) in [6, 6.07) is 6.40. The van der Waals surface area contributed by atoms with Gasteiger partial charge < -0.3 is 9.80 Å². The maximum atomic E-state index is 4.73. The molecule has 1 aromatic heterocycles. The Morgan fingerprint density at radius 1 is 0.667 bits per heavy atom. The average molecular weight is 413 g/mol. The summed E-state index contributed by atoms with van der Waals surface area (Å²) in [5.41, 5.74) is 0. The Kier molecular flexibility index (Phi) is 5.65. The van der Waals surface area contributed by atoms with Gasteiger partial charge in [-0.25, -0.2) is 9.97 Å². The van der Waals surface area contributed by atoms with E-state index >= 15 is 0 Å². The molecular weight excluding hydrogens is 372 g/mol. The van der Waals surface area contributed by atoms with Crippen LogP contribution in [-0.2, 0) is 0 Å². The maximum absolute atomic E-state index is 4.73. The molecule has 4 bridgehead atoms. The molecule has 4 aliphatic rings. The largest absolute Gasteiger partial charge is 0.355 e. The van der Waals surface area contributed by atoms with Crippen LogP contribution in [0.15, 0.2) is 12.4 Å². The molecule has 0 radical (unpaired) electrons. The minimum atomic E-state index is 0.639. The summed E-state index contributed by atoms with van der Waals surface area (Å²) in [5.74, 6) is 2.26. The van der Waals surface area contributed by atoms with Gasteiger partial charge in [0.1, 0.15) is 18.0 Å². The smallest absolute Gasteiger partial charge is 0.134 e. The first-order valence-corrected chi connectivity index (χ1v) is 12.4. The lowest BCUT2D eigenvalue weighted by Gasteiger charge is -2.33. The van der Waals surface area contributed by atoms with Gasteiger partial charge in [0.2, 0.25) is 0 Å². The molecule has 4 atom stereocenters. The fraction of sp³-hybridized carbons (Fsp3) is 0.833. The van der Waals surface area contributed by atoms with Gasteiger partial charge in [0.25, 0.3) is 0 Å². The van der Waals surface area contributed by atoms with Crippen molar-refractivity contribution in [3.8, 4) is 0 Å². The Morgan fingerprint density at radius 3 is 1.53 bits per heavy atom. The molecule has 0 aliphatic carbocycles. The fourth-order valence-electron chi connectivity index (χ4n) is 7.01. The van der Waals surface area contributed by atoms with Crippen molar-refractivity contribution in [2.75, 3.05) is 36.0 Å². The van der Waals surface area contributed by atoms with Crippen molar-refractivity contribution in [2.24, 2.45) is 0 Å². The van der Waals surface area contributed by atoms with Crippen LogP contribution < -0.4 is 9.80 Å². The number of hydrogen-bond donors (Lipinski definition) is 0. The van der Waals surface area contributed by atoms with E-state index in [0.717, 1.165) is 49.9 Å². The Morgan fingerprint density at radius 2 is 1.10 bits per heavy atom. The molecule has 0 aromatic carbocycles. The second-order valence-electron chi connectivity index (χ2n) is 10.6. The Balaban J connectivity index is 1.33. The number of fused-ring (bicyclic) bond motifs is 4. The topological polar surface area (TPSA) is 38.7 Å². The van der Waals surface area contributed by atoms with Crippen LogP contribution in [0.5, 0.6) is 0 Å². The minimum Gasteiger partial charge on any atom is -0.355 e.